The molecule has 5 heteroatoms. The second-order valence-corrected chi connectivity index (χ2v) is 4.33. The molecule has 0 saturated carbocycles. The largest absolute Gasteiger partial charge is 0.478 e. The van der Waals surface area contributed by atoms with Crippen LogP contribution >= 0.6 is 0 Å². The van der Waals surface area contributed by atoms with E-state index in [2.05, 4.69) is 5.32 Å². The average Bonchev–Trinajstić information content (AvgIpc) is 2.60. The fourth-order valence-corrected chi connectivity index (χ4v) is 2.33. The second-order valence-electron chi connectivity index (χ2n) is 4.33. The Morgan fingerprint density at radius 1 is 1.56 bits per heavy atom. The summed E-state index contributed by atoms with van der Waals surface area (Å²) in [6.45, 7) is 2.59. The zero-order chi connectivity index (χ0) is 11.7. The zero-order valence-electron chi connectivity index (χ0n) is 9.16. The highest BCUT2D eigenvalue weighted by molar-refractivity contribution is 5.99. The van der Waals surface area contributed by atoms with Crippen molar-refractivity contribution in [2.45, 2.75) is 32.3 Å². The van der Waals surface area contributed by atoms with Crippen molar-refractivity contribution < 1.29 is 19.4 Å². The first-order chi connectivity index (χ1) is 7.58. The molecule has 2 heterocycles. The molecular weight excluding hydrogens is 210 g/mol. The Morgan fingerprint density at radius 2 is 2.31 bits per heavy atom. The lowest BCUT2D eigenvalue weighted by atomic mass is 9.91. The van der Waals surface area contributed by atoms with Crippen molar-refractivity contribution in [1.29, 1.82) is 0 Å². The molecule has 0 aliphatic carbocycles. The summed E-state index contributed by atoms with van der Waals surface area (Å²) >= 11 is 0. The number of allylic oxidation sites excluding steroid dienone is 1. The number of hydrogen-bond acceptors (Lipinski definition) is 3. The maximum atomic E-state index is 11.2. The van der Waals surface area contributed by atoms with Crippen molar-refractivity contribution in [3.63, 3.8) is 0 Å². The van der Waals surface area contributed by atoms with Gasteiger partial charge in [-0.1, -0.05) is 0 Å². The molecule has 2 rings (SSSR count). The summed E-state index contributed by atoms with van der Waals surface area (Å²) in [6.07, 6.45) is 1.67. The van der Waals surface area contributed by atoms with Gasteiger partial charge in [0.05, 0.1) is 18.1 Å². The lowest BCUT2D eigenvalue weighted by Gasteiger charge is -2.28. The molecule has 5 nitrogen and oxygen atoms in total. The van der Waals surface area contributed by atoms with Gasteiger partial charge in [-0.05, 0) is 19.8 Å². The lowest BCUT2D eigenvalue weighted by molar-refractivity contribution is -0.133. The molecule has 2 N–H and O–H groups in total. The topological polar surface area (TPSA) is 75.6 Å². The van der Waals surface area contributed by atoms with Crippen LogP contribution in [0.1, 0.15) is 26.2 Å². The monoisotopic (exact) mass is 225 g/mol. The van der Waals surface area contributed by atoms with Crippen LogP contribution in [0.2, 0.25) is 0 Å². The third-order valence-corrected chi connectivity index (χ3v) is 3.09. The van der Waals surface area contributed by atoms with Crippen LogP contribution in [-0.2, 0) is 14.3 Å². The smallest absolute Gasteiger partial charge is 0.333 e. The zero-order valence-corrected chi connectivity index (χ0v) is 9.16. The molecule has 16 heavy (non-hydrogen) atoms. The predicted molar refractivity (Wildman–Crippen MR) is 55.6 cm³/mol. The third kappa shape index (κ3) is 2.09. The highest BCUT2D eigenvalue weighted by Gasteiger charge is 2.33. The lowest BCUT2D eigenvalue weighted by Crippen LogP contribution is -2.29. The van der Waals surface area contributed by atoms with E-state index in [-0.39, 0.29) is 29.9 Å². The highest BCUT2D eigenvalue weighted by atomic mass is 16.5. The van der Waals surface area contributed by atoms with E-state index in [1.165, 1.54) is 0 Å². The molecule has 2 unspecified atom stereocenters. The molecule has 1 fully saturated rings. The summed E-state index contributed by atoms with van der Waals surface area (Å²) in [6, 6.07) is 0. The predicted octanol–water partition coefficient (Wildman–Crippen LogP) is 0.660. The molecule has 0 spiro atoms. The number of carbonyl (C=O) groups excluding carboxylic acids is 1. The second kappa shape index (κ2) is 4.25. The highest BCUT2D eigenvalue weighted by Crippen LogP contribution is 2.30. The molecule has 2 atom stereocenters. The van der Waals surface area contributed by atoms with E-state index < -0.39 is 5.97 Å². The molecule has 2 aliphatic rings. The quantitative estimate of drug-likeness (QED) is 0.724. The number of hydrogen-bond donors (Lipinski definition) is 2. The van der Waals surface area contributed by atoms with Crippen LogP contribution in [0, 0.1) is 5.92 Å². The first kappa shape index (κ1) is 11.1. The SMILES string of the molecule is CC1CC(C2=C(C(=O)O)CC(=O)N2)CCO1. The van der Waals surface area contributed by atoms with Crippen molar-refractivity contribution in [1.82, 2.24) is 5.32 Å². The minimum atomic E-state index is -0.993. The first-order valence-corrected chi connectivity index (χ1v) is 5.45. The molecule has 1 amide bonds. The van der Waals surface area contributed by atoms with Crippen molar-refractivity contribution in [3.8, 4) is 0 Å². The summed E-state index contributed by atoms with van der Waals surface area (Å²) in [5.74, 6) is -1.10. The number of carboxylic acid groups (broad SMARTS) is 1. The molecule has 2 aliphatic heterocycles. The summed E-state index contributed by atoms with van der Waals surface area (Å²) in [4.78, 5) is 22.2. The van der Waals surface area contributed by atoms with Crippen LogP contribution in [0.4, 0.5) is 0 Å². The van der Waals surface area contributed by atoms with E-state index in [9.17, 15) is 9.59 Å². The van der Waals surface area contributed by atoms with Crippen LogP contribution in [0.5, 0.6) is 0 Å². The Kier molecular flexibility index (Phi) is 2.96. The Morgan fingerprint density at radius 3 is 2.94 bits per heavy atom. The number of rotatable bonds is 2. The van der Waals surface area contributed by atoms with Crippen LogP contribution in [0.15, 0.2) is 11.3 Å². The molecule has 0 aromatic heterocycles. The molecule has 0 bridgehead atoms. The van der Waals surface area contributed by atoms with E-state index in [1.807, 2.05) is 6.92 Å². The Balaban J connectivity index is 2.20. The fraction of sp³-hybridized carbons (Fsp3) is 0.636. The molecule has 1 saturated heterocycles. The fourth-order valence-electron chi connectivity index (χ4n) is 2.33. The van der Waals surface area contributed by atoms with Gasteiger partial charge >= 0.3 is 5.97 Å². The summed E-state index contributed by atoms with van der Waals surface area (Å²) in [5.41, 5.74) is 0.830. The standard InChI is InChI=1S/C11H15NO4/c1-6-4-7(2-3-16-6)10-8(11(14)15)5-9(13)12-10/h6-7H,2-5H2,1H3,(H,12,13)(H,14,15). The van der Waals surface area contributed by atoms with Crippen molar-refractivity contribution >= 4 is 11.9 Å². The molecule has 0 aromatic carbocycles. The Labute approximate surface area is 93.5 Å². The van der Waals surface area contributed by atoms with Gasteiger partial charge in [0.25, 0.3) is 0 Å². The van der Waals surface area contributed by atoms with E-state index in [4.69, 9.17) is 9.84 Å². The van der Waals surface area contributed by atoms with Crippen molar-refractivity contribution in [3.05, 3.63) is 11.3 Å². The molecular formula is C11H15NO4. The average molecular weight is 225 g/mol. The number of carbonyl (C=O) groups is 2. The van der Waals surface area contributed by atoms with E-state index in [0.717, 1.165) is 12.8 Å². The molecule has 0 aromatic rings. The van der Waals surface area contributed by atoms with Crippen LogP contribution in [-0.4, -0.2) is 29.7 Å². The van der Waals surface area contributed by atoms with Gasteiger partial charge in [0.15, 0.2) is 0 Å². The molecule has 88 valence electrons. The van der Waals surface area contributed by atoms with Gasteiger partial charge in [-0.25, -0.2) is 4.79 Å². The number of carboxylic acids is 1. The minimum Gasteiger partial charge on any atom is -0.478 e. The Bertz CT molecular complexity index is 361. The normalized spacial score (nSPS) is 30.4. The van der Waals surface area contributed by atoms with Gasteiger partial charge in [0, 0.05) is 18.2 Å². The minimum absolute atomic E-state index is 0.00357. The van der Waals surface area contributed by atoms with Gasteiger partial charge in [-0.2, -0.15) is 0 Å². The van der Waals surface area contributed by atoms with Gasteiger partial charge in [0.2, 0.25) is 5.91 Å². The van der Waals surface area contributed by atoms with Crippen LogP contribution in [0.3, 0.4) is 0 Å². The van der Waals surface area contributed by atoms with Crippen molar-refractivity contribution in [2.24, 2.45) is 5.92 Å². The van der Waals surface area contributed by atoms with Gasteiger partial charge in [-0.15, -0.1) is 0 Å². The maximum Gasteiger partial charge on any atom is 0.333 e. The van der Waals surface area contributed by atoms with Gasteiger partial charge in [0.1, 0.15) is 0 Å². The van der Waals surface area contributed by atoms with E-state index in [1.54, 1.807) is 0 Å². The van der Waals surface area contributed by atoms with Crippen molar-refractivity contribution in [2.75, 3.05) is 6.61 Å². The number of nitrogens with one attached hydrogen (secondary N) is 1. The number of ether oxygens (including phenoxy) is 1. The van der Waals surface area contributed by atoms with E-state index in [0.29, 0.717) is 12.3 Å². The number of aliphatic carboxylic acids is 1. The Hall–Kier alpha value is -1.36. The van der Waals surface area contributed by atoms with Gasteiger partial charge < -0.3 is 15.2 Å². The summed E-state index contributed by atoms with van der Waals surface area (Å²) in [7, 11) is 0. The van der Waals surface area contributed by atoms with Crippen LogP contribution in [0.25, 0.3) is 0 Å². The first-order valence-electron chi connectivity index (χ1n) is 5.45. The third-order valence-electron chi connectivity index (χ3n) is 3.09. The summed E-state index contributed by atoms with van der Waals surface area (Å²) < 4.78 is 5.41. The van der Waals surface area contributed by atoms with E-state index >= 15 is 0 Å². The van der Waals surface area contributed by atoms with Gasteiger partial charge in [-0.3, -0.25) is 4.79 Å². The summed E-state index contributed by atoms with van der Waals surface area (Å²) in [5, 5.41) is 11.7. The number of amides is 1. The maximum absolute atomic E-state index is 11.2. The molecule has 0 radical (unpaired) electrons. The van der Waals surface area contributed by atoms with Crippen LogP contribution < -0.4 is 5.32 Å².